The third kappa shape index (κ3) is 2.80. The van der Waals surface area contributed by atoms with Crippen molar-refractivity contribution in [1.82, 2.24) is 15.5 Å². The highest BCUT2D eigenvalue weighted by Gasteiger charge is 2.30. The van der Waals surface area contributed by atoms with Gasteiger partial charge in [0.2, 0.25) is 5.91 Å². The molecule has 2 rings (SSSR count). The molecule has 0 aliphatic carbocycles. The lowest BCUT2D eigenvalue weighted by Gasteiger charge is -2.36. The summed E-state index contributed by atoms with van der Waals surface area (Å²) in [5.41, 5.74) is 0.775. The molecule has 2 fully saturated rings. The van der Waals surface area contributed by atoms with Crippen LogP contribution in [-0.4, -0.2) is 41.5 Å². The Morgan fingerprint density at radius 3 is 2.88 bits per heavy atom. The van der Waals surface area contributed by atoms with E-state index in [2.05, 4.69) is 22.1 Å². The molecule has 4 nitrogen and oxygen atoms in total. The molecule has 1 atom stereocenters. The zero-order valence-electron chi connectivity index (χ0n) is 9.88. The summed E-state index contributed by atoms with van der Waals surface area (Å²) in [6.07, 6.45) is 0.492. The molecule has 5 heteroatoms. The van der Waals surface area contributed by atoms with Crippen LogP contribution in [0, 0.1) is 0 Å². The first-order chi connectivity index (χ1) is 7.68. The molecule has 0 aromatic heterocycles. The molecule has 2 aliphatic heterocycles. The van der Waals surface area contributed by atoms with E-state index in [-0.39, 0.29) is 11.9 Å². The Bertz CT molecular complexity index is 304. The van der Waals surface area contributed by atoms with Crippen LogP contribution in [0.25, 0.3) is 0 Å². The van der Waals surface area contributed by atoms with Gasteiger partial charge in [0.1, 0.15) is 4.99 Å². The van der Waals surface area contributed by atoms with Gasteiger partial charge < -0.3 is 15.5 Å². The Morgan fingerprint density at radius 1 is 1.50 bits per heavy atom. The highest BCUT2D eigenvalue weighted by Crippen LogP contribution is 2.17. The Morgan fingerprint density at radius 2 is 2.19 bits per heavy atom. The number of thiocarbonyl (C=S) groups is 1. The maximum Gasteiger partial charge on any atom is 0.227 e. The average Bonchev–Trinajstić information content (AvgIpc) is 2.40. The Balaban J connectivity index is 0.000000606. The van der Waals surface area contributed by atoms with Crippen LogP contribution in [0.5, 0.6) is 0 Å². The lowest BCUT2D eigenvalue weighted by atomic mass is 10.1. The summed E-state index contributed by atoms with van der Waals surface area (Å²) in [6.45, 7) is 10.5. The molecule has 0 saturated carbocycles. The zero-order chi connectivity index (χ0) is 12.1. The van der Waals surface area contributed by atoms with Crippen LogP contribution in [0.2, 0.25) is 0 Å². The quantitative estimate of drug-likeness (QED) is 0.483. The van der Waals surface area contributed by atoms with E-state index in [0.29, 0.717) is 11.4 Å². The van der Waals surface area contributed by atoms with Crippen LogP contribution in [0.15, 0.2) is 12.3 Å². The number of hydrogen-bond acceptors (Lipinski definition) is 4. The summed E-state index contributed by atoms with van der Waals surface area (Å²) in [6, 6.07) is 0.205. The SMILES string of the molecule is C=C1C(=S)NC(=O)CC2CNCCN12.CC. The van der Waals surface area contributed by atoms with Gasteiger partial charge in [-0.15, -0.1) is 0 Å². The minimum atomic E-state index is -0.00708. The first-order valence-electron chi connectivity index (χ1n) is 5.69. The summed E-state index contributed by atoms with van der Waals surface area (Å²) in [4.78, 5) is 14.0. The Labute approximate surface area is 102 Å². The van der Waals surface area contributed by atoms with E-state index in [1.165, 1.54) is 0 Å². The number of piperazine rings is 1. The molecule has 2 heterocycles. The summed E-state index contributed by atoms with van der Waals surface area (Å²) in [5.74, 6) is -0.00708. The van der Waals surface area contributed by atoms with Gasteiger partial charge in [-0.25, -0.2) is 0 Å². The van der Waals surface area contributed by atoms with Crippen LogP contribution >= 0.6 is 12.2 Å². The standard InChI is InChI=1S/C9H13N3OS.C2H6/c1-6-9(14)11-8(13)4-7-5-10-2-3-12(6)7;1-2/h7,10H,1-5H2,(H,11,13,14);1-2H3. The largest absolute Gasteiger partial charge is 0.364 e. The molecule has 1 unspecified atom stereocenters. The fourth-order valence-corrected chi connectivity index (χ4v) is 2.12. The third-order valence-corrected chi connectivity index (χ3v) is 2.97. The lowest BCUT2D eigenvalue weighted by Crippen LogP contribution is -2.50. The van der Waals surface area contributed by atoms with Gasteiger partial charge >= 0.3 is 0 Å². The molecule has 16 heavy (non-hydrogen) atoms. The molecule has 2 aliphatic rings. The number of fused-ring (bicyclic) bond motifs is 1. The molecule has 2 saturated heterocycles. The van der Waals surface area contributed by atoms with Crippen LogP contribution in [0.1, 0.15) is 20.3 Å². The van der Waals surface area contributed by atoms with Crippen molar-refractivity contribution in [1.29, 1.82) is 0 Å². The van der Waals surface area contributed by atoms with Crippen molar-refractivity contribution < 1.29 is 4.79 Å². The van der Waals surface area contributed by atoms with Crippen LogP contribution in [0.4, 0.5) is 0 Å². The highest BCUT2D eigenvalue weighted by atomic mass is 32.1. The van der Waals surface area contributed by atoms with E-state index in [4.69, 9.17) is 12.2 Å². The van der Waals surface area contributed by atoms with Gasteiger partial charge in [-0.1, -0.05) is 32.6 Å². The fourth-order valence-electron chi connectivity index (χ4n) is 1.89. The van der Waals surface area contributed by atoms with Crippen molar-refractivity contribution in [3.05, 3.63) is 12.3 Å². The zero-order valence-corrected chi connectivity index (χ0v) is 10.7. The first-order valence-corrected chi connectivity index (χ1v) is 6.10. The van der Waals surface area contributed by atoms with Crippen molar-refractivity contribution in [2.45, 2.75) is 26.3 Å². The minimum absolute atomic E-state index is 0.00708. The second-order valence-corrected chi connectivity index (χ2v) is 3.99. The highest BCUT2D eigenvalue weighted by molar-refractivity contribution is 7.80. The van der Waals surface area contributed by atoms with Crippen LogP contribution in [-0.2, 0) is 4.79 Å². The summed E-state index contributed by atoms with van der Waals surface area (Å²) < 4.78 is 0. The predicted molar refractivity (Wildman–Crippen MR) is 69.2 cm³/mol. The molecule has 0 spiro atoms. The van der Waals surface area contributed by atoms with Crippen LogP contribution < -0.4 is 10.6 Å². The van der Waals surface area contributed by atoms with E-state index in [1.807, 2.05) is 13.8 Å². The van der Waals surface area contributed by atoms with Gasteiger partial charge in [0.15, 0.2) is 0 Å². The first kappa shape index (κ1) is 13.1. The van der Waals surface area contributed by atoms with Gasteiger partial charge in [0.25, 0.3) is 0 Å². The lowest BCUT2D eigenvalue weighted by molar-refractivity contribution is -0.120. The predicted octanol–water partition coefficient (Wildman–Crippen LogP) is 0.647. The molecule has 0 bridgehead atoms. The Kier molecular flexibility index (Phi) is 4.89. The summed E-state index contributed by atoms with van der Waals surface area (Å²) in [5, 5.41) is 5.93. The van der Waals surface area contributed by atoms with Crippen LogP contribution in [0.3, 0.4) is 0 Å². The van der Waals surface area contributed by atoms with Gasteiger partial charge in [-0.05, 0) is 0 Å². The third-order valence-electron chi connectivity index (χ3n) is 2.63. The van der Waals surface area contributed by atoms with Crippen molar-refractivity contribution in [3.8, 4) is 0 Å². The number of nitrogens with zero attached hydrogens (tertiary/aromatic N) is 1. The molecule has 0 aromatic carbocycles. The van der Waals surface area contributed by atoms with Gasteiger partial charge in [-0.2, -0.15) is 0 Å². The van der Waals surface area contributed by atoms with Crippen molar-refractivity contribution in [3.63, 3.8) is 0 Å². The fraction of sp³-hybridized carbons (Fsp3) is 0.636. The average molecular weight is 241 g/mol. The van der Waals surface area contributed by atoms with Crippen molar-refractivity contribution >= 4 is 23.1 Å². The number of carbonyl (C=O) groups excluding carboxylic acids is 1. The molecule has 2 N–H and O–H groups in total. The monoisotopic (exact) mass is 241 g/mol. The molecule has 90 valence electrons. The molecule has 0 radical (unpaired) electrons. The number of amides is 1. The minimum Gasteiger partial charge on any atom is -0.364 e. The normalized spacial score (nSPS) is 25.0. The number of hydrogen-bond donors (Lipinski definition) is 2. The number of carbonyl (C=O) groups is 1. The van der Waals surface area contributed by atoms with E-state index in [1.54, 1.807) is 0 Å². The van der Waals surface area contributed by atoms with E-state index in [0.717, 1.165) is 25.3 Å². The molecular weight excluding hydrogens is 222 g/mol. The van der Waals surface area contributed by atoms with E-state index >= 15 is 0 Å². The smallest absolute Gasteiger partial charge is 0.227 e. The molecule has 0 aromatic rings. The molecular formula is C11H19N3OS. The second kappa shape index (κ2) is 5.96. The van der Waals surface area contributed by atoms with Gasteiger partial charge in [0.05, 0.1) is 11.7 Å². The maximum atomic E-state index is 11.4. The Hall–Kier alpha value is -0.940. The van der Waals surface area contributed by atoms with Gasteiger partial charge in [0, 0.05) is 26.1 Å². The summed E-state index contributed by atoms with van der Waals surface area (Å²) >= 11 is 5.07. The maximum absolute atomic E-state index is 11.4. The van der Waals surface area contributed by atoms with Crippen molar-refractivity contribution in [2.24, 2.45) is 0 Å². The van der Waals surface area contributed by atoms with E-state index < -0.39 is 0 Å². The summed E-state index contributed by atoms with van der Waals surface area (Å²) in [7, 11) is 0. The number of nitrogens with one attached hydrogen (secondary N) is 2. The van der Waals surface area contributed by atoms with E-state index in [9.17, 15) is 4.79 Å². The topological polar surface area (TPSA) is 44.4 Å². The second-order valence-electron chi connectivity index (χ2n) is 3.58. The molecule has 1 amide bonds. The van der Waals surface area contributed by atoms with Crippen molar-refractivity contribution in [2.75, 3.05) is 19.6 Å². The number of rotatable bonds is 0. The van der Waals surface area contributed by atoms with Gasteiger partial charge in [-0.3, -0.25) is 4.79 Å².